The quantitative estimate of drug-likeness (QED) is 0.671. The summed E-state index contributed by atoms with van der Waals surface area (Å²) in [4.78, 5) is 24.7. The lowest BCUT2D eigenvalue weighted by Gasteiger charge is -2.34. The molecule has 0 atom stereocenters. The Labute approximate surface area is 176 Å². The summed E-state index contributed by atoms with van der Waals surface area (Å²) in [6.45, 7) is 3.54. The van der Waals surface area contributed by atoms with E-state index < -0.39 is 11.7 Å². The molecule has 0 aromatic carbocycles. The van der Waals surface area contributed by atoms with Crippen LogP contribution in [0.4, 0.5) is 19.0 Å². The molecule has 1 aliphatic heterocycles. The topological polar surface area (TPSA) is 49.3 Å². The molecule has 2 aromatic heterocycles. The van der Waals surface area contributed by atoms with Gasteiger partial charge in [0.2, 0.25) is 5.91 Å². The summed E-state index contributed by atoms with van der Waals surface area (Å²) in [5.74, 6) is 0.254. The Kier molecular flexibility index (Phi) is 6.68. The zero-order valence-corrected chi connectivity index (χ0v) is 17.7. The molecule has 10 heteroatoms. The maximum atomic E-state index is 12.8. The van der Waals surface area contributed by atoms with Crippen LogP contribution in [0.1, 0.15) is 36.0 Å². The molecule has 29 heavy (non-hydrogen) atoms. The van der Waals surface area contributed by atoms with Crippen molar-refractivity contribution in [3.05, 3.63) is 38.9 Å². The van der Waals surface area contributed by atoms with Gasteiger partial charge >= 0.3 is 6.18 Å². The van der Waals surface area contributed by atoms with Crippen molar-refractivity contribution in [2.45, 2.75) is 38.9 Å². The number of pyridine rings is 1. The third-order valence-corrected chi connectivity index (χ3v) is 6.29. The zero-order valence-electron chi connectivity index (χ0n) is 16.2. The van der Waals surface area contributed by atoms with Crippen LogP contribution in [-0.4, -0.2) is 40.9 Å². The third-order valence-electron chi connectivity index (χ3n) is 4.97. The minimum absolute atomic E-state index is 0.0306. The summed E-state index contributed by atoms with van der Waals surface area (Å²) in [6.07, 6.45) is -1.61. The number of carbonyl (C=O) groups is 1. The molecule has 0 bridgehead atoms. The van der Waals surface area contributed by atoms with Gasteiger partial charge in [-0.2, -0.15) is 13.2 Å². The predicted octanol–water partition coefficient (Wildman–Crippen LogP) is 4.65. The van der Waals surface area contributed by atoms with Gasteiger partial charge in [0.1, 0.15) is 5.82 Å². The largest absolute Gasteiger partial charge is 0.417 e. The van der Waals surface area contributed by atoms with E-state index in [2.05, 4.69) is 9.97 Å². The number of carbonyl (C=O) groups excluding carboxylic acids is 1. The summed E-state index contributed by atoms with van der Waals surface area (Å²) in [6, 6.07) is 0.896. The fourth-order valence-corrected chi connectivity index (χ4v) is 4.39. The number of piperidine rings is 1. The van der Waals surface area contributed by atoms with Gasteiger partial charge in [0.25, 0.3) is 0 Å². The second-order valence-electron chi connectivity index (χ2n) is 7.07. The SMILES string of the molecule is CCc1nc(CN(C)C(=O)C2CCN(c3ncc(C(F)(F)F)cc3Cl)CC2)cs1. The fraction of sp³-hybridized carbons (Fsp3) is 0.526. The molecule has 1 amide bonds. The van der Waals surface area contributed by atoms with Crippen molar-refractivity contribution in [1.82, 2.24) is 14.9 Å². The van der Waals surface area contributed by atoms with E-state index in [1.165, 1.54) is 0 Å². The number of hydrogen-bond donors (Lipinski definition) is 0. The number of amides is 1. The highest BCUT2D eigenvalue weighted by Crippen LogP contribution is 2.34. The lowest BCUT2D eigenvalue weighted by atomic mass is 9.95. The highest BCUT2D eigenvalue weighted by atomic mass is 35.5. The van der Waals surface area contributed by atoms with E-state index in [4.69, 9.17) is 11.6 Å². The third kappa shape index (κ3) is 5.19. The number of halogens is 4. The Morgan fingerprint density at radius 1 is 1.38 bits per heavy atom. The second kappa shape index (κ2) is 8.87. The van der Waals surface area contributed by atoms with Crippen LogP contribution in [0.5, 0.6) is 0 Å². The molecule has 158 valence electrons. The van der Waals surface area contributed by atoms with Crippen molar-refractivity contribution < 1.29 is 18.0 Å². The van der Waals surface area contributed by atoms with Gasteiger partial charge in [0, 0.05) is 37.6 Å². The average molecular weight is 447 g/mol. The van der Waals surface area contributed by atoms with Crippen LogP contribution in [0.15, 0.2) is 17.6 Å². The van der Waals surface area contributed by atoms with Crippen LogP contribution in [0.3, 0.4) is 0 Å². The van der Waals surface area contributed by atoms with Crippen molar-refractivity contribution in [2.75, 3.05) is 25.0 Å². The minimum Gasteiger partial charge on any atom is -0.355 e. The van der Waals surface area contributed by atoms with Crippen LogP contribution >= 0.6 is 22.9 Å². The molecule has 2 aromatic rings. The lowest BCUT2D eigenvalue weighted by molar-refractivity contribution is -0.138. The summed E-state index contributed by atoms with van der Waals surface area (Å²) < 4.78 is 38.3. The molecule has 1 aliphatic rings. The highest BCUT2D eigenvalue weighted by molar-refractivity contribution is 7.09. The number of alkyl halides is 3. The number of rotatable bonds is 5. The van der Waals surface area contributed by atoms with Gasteiger partial charge in [-0.25, -0.2) is 9.97 Å². The Bertz CT molecular complexity index is 865. The van der Waals surface area contributed by atoms with Gasteiger partial charge in [-0.1, -0.05) is 18.5 Å². The molecule has 0 unspecified atom stereocenters. The number of aromatic nitrogens is 2. The van der Waals surface area contributed by atoms with Gasteiger partial charge in [-0.05, 0) is 25.3 Å². The molecule has 3 rings (SSSR count). The number of aryl methyl sites for hydroxylation is 1. The van der Waals surface area contributed by atoms with Crippen molar-refractivity contribution >= 4 is 34.7 Å². The molecule has 0 N–H and O–H groups in total. The van der Waals surface area contributed by atoms with E-state index in [-0.39, 0.29) is 16.8 Å². The first-order valence-corrected chi connectivity index (χ1v) is 10.6. The van der Waals surface area contributed by atoms with Gasteiger partial charge in [0.05, 0.1) is 27.8 Å². The summed E-state index contributed by atoms with van der Waals surface area (Å²) in [7, 11) is 1.77. The van der Waals surface area contributed by atoms with E-state index in [1.54, 1.807) is 23.3 Å². The second-order valence-corrected chi connectivity index (χ2v) is 8.42. The molecule has 0 aliphatic carbocycles. The van der Waals surface area contributed by atoms with E-state index in [0.29, 0.717) is 38.3 Å². The Balaban J connectivity index is 1.57. The maximum Gasteiger partial charge on any atom is 0.417 e. The van der Waals surface area contributed by atoms with Crippen LogP contribution in [0.25, 0.3) is 0 Å². The van der Waals surface area contributed by atoms with Gasteiger partial charge < -0.3 is 9.80 Å². The van der Waals surface area contributed by atoms with E-state index in [0.717, 1.165) is 29.4 Å². The fourth-order valence-electron chi connectivity index (χ4n) is 3.37. The molecule has 5 nitrogen and oxygen atoms in total. The molecular weight excluding hydrogens is 425 g/mol. The summed E-state index contributed by atoms with van der Waals surface area (Å²) in [5, 5.41) is 3.00. The zero-order chi connectivity index (χ0) is 21.2. The van der Waals surface area contributed by atoms with Crippen molar-refractivity contribution in [2.24, 2.45) is 5.92 Å². The van der Waals surface area contributed by atoms with Gasteiger partial charge in [-0.15, -0.1) is 11.3 Å². The van der Waals surface area contributed by atoms with E-state index in [9.17, 15) is 18.0 Å². The minimum atomic E-state index is -4.48. The summed E-state index contributed by atoms with van der Waals surface area (Å²) >= 11 is 7.63. The smallest absolute Gasteiger partial charge is 0.355 e. The van der Waals surface area contributed by atoms with Gasteiger partial charge in [0.15, 0.2) is 0 Å². The maximum absolute atomic E-state index is 12.8. The first-order valence-electron chi connectivity index (χ1n) is 9.35. The molecule has 1 fully saturated rings. The Hall–Kier alpha value is -1.87. The number of anilines is 1. The molecule has 1 saturated heterocycles. The van der Waals surface area contributed by atoms with Crippen molar-refractivity contribution in [1.29, 1.82) is 0 Å². The van der Waals surface area contributed by atoms with Crippen LogP contribution in [0.2, 0.25) is 5.02 Å². The van der Waals surface area contributed by atoms with Crippen LogP contribution < -0.4 is 4.90 Å². The van der Waals surface area contributed by atoms with Crippen LogP contribution in [-0.2, 0) is 23.9 Å². The normalized spacial score (nSPS) is 15.6. The number of hydrogen-bond acceptors (Lipinski definition) is 5. The summed E-state index contributed by atoms with van der Waals surface area (Å²) in [5.41, 5.74) is 0.0204. The molecule has 0 saturated carbocycles. The first kappa shape index (κ1) is 21.8. The Morgan fingerprint density at radius 3 is 2.62 bits per heavy atom. The molecular formula is C19H22ClF3N4OS. The monoisotopic (exact) mass is 446 g/mol. The molecule has 0 radical (unpaired) electrons. The van der Waals surface area contributed by atoms with Gasteiger partial charge in [-0.3, -0.25) is 4.79 Å². The molecule has 0 spiro atoms. The standard InChI is InChI=1S/C19H22ClF3N4OS/c1-3-16-25-14(11-29-16)10-26(2)18(28)12-4-6-27(7-5-12)17-15(20)8-13(9-24-17)19(21,22)23/h8-9,11-12H,3-7,10H2,1-2H3. The predicted molar refractivity (Wildman–Crippen MR) is 107 cm³/mol. The number of nitrogens with zero attached hydrogens (tertiary/aromatic N) is 4. The Morgan fingerprint density at radius 2 is 2.07 bits per heavy atom. The highest BCUT2D eigenvalue weighted by Gasteiger charge is 2.33. The number of thiazole rings is 1. The lowest BCUT2D eigenvalue weighted by Crippen LogP contribution is -2.41. The van der Waals surface area contributed by atoms with Crippen LogP contribution in [0, 0.1) is 5.92 Å². The van der Waals surface area contributed by atoms with E-state index in [1.807, 2.05) is 17.2 Å². The van der Waals surface area contributed by atoms with Crippen molar-refractivity contribution in [3.8, 4) is 0 Å². The average Bonchev–Trinajstić information content (AvgIpc) is 3.14. The van der Waals surface area contributed by atoms with Crippen molar-refractivity contribution in [3.63, 3.8) is 0 Å². The molecule has 3 heterocycles. The first-order chi connectivity index (χ1) is 13.7. The van der Waals surface area contributed by atoms with E-state index >= 15 is 0 Å².